The molecule has 0 aromatic heterocycles. The average Bonchev–Trinajstić information content (AvgIpc) is 2.78. The van der Waals surface area contributed by atoms with E-state index in [0.717, 1.165) is 0 Å². The van der Waals surface area contributed by atoms with Gasteiger partial charge in [0.05, 0.1) is 17.0 Å². The van der Waals surface area contributed by atoms with E-state index in [1.165, 1.54) is 23.1 Å². The lowest BCUT2D eigenvalue weighted by Gasteiger charge is -2.41. The van der Waals surface area contributed by atoms with Crippen molar-refractivity contribution in [3.05, 3.63) is 70.4 Å². The van der Waals surface area contributed by atoms with Gasteiger partial charge in [-0.1, -0.05) is 12.1 Å². The molecule has 0 fully saturated rings. The predicted molar refractivity (Wildman–Crippen MR) is 137 cm³/mol. The van der Waals surface area contributed by atoms with Gasteiger partial charge >= 0.3 is 24.2 Å². The molecule has 0 saturated heterocycles. The Labute approximate surface area is 224 Å². The Bertz CT molecular complexity index is 1400. The molecule has 2 aliphatic carbocycles. The minimum Gasteiger partial charge on any atom is -0.478 e. The Balaban J connectivity index is 1.90. The third-order valence-electron chi connectivity index (χ3n) is 5.71. The van der Waals surface area contributed by atoms with Crippen LogP contribution in [0.4, 0.5) is 15.3 Å². The first kappa shape index (κ1) is 27.5. The highest BCUT2D eigenvalue weighted by atomic mass is 16.7. The molecular formula is C28H29NO10. The number of nitrogens with zero attached hydrogens (tertiary/aromatic N) is 1. The van der Waals surface area contributed by atoms with Gasteiger partial charge in [-0.15, -0.1) is 0 Å². The molecule has 3 aliphatic rings. The summed E-state index contributed by atoms with van der Waals surface area (Å²) in [6.07, 6.45) is 1.04. The second-order valence-electron chi connectivity index (χ2n) is 11.0. The second kappa shape index (κ2) is 9.64. The van der Waals surface area contributed by atoms with Crippen LogP contribution in [0.3, 0.4) is 0 Å². The molecule has 4 rings (SSSR count). The van der Waals surface area contributed by atoms with Gasteiger partial charge in [-0.3, -0.25) is 0 Å². The number of hydrogen-bond acceptors (Lipinski definition) is 8. The van der Waals surface area contributed by atoms with Crippen LogP contribution in [0.2, 0.25) is 0 Å². The smallest absolute Gasteiger partial charge is 0.478 e. The van der Waals surface area contributed by atoms with Crippen LogP contribution >= 0.6 is 0 Å². The Morgan fingerprint density at radius 1 is 0.923 bits per heavy atom. The van der Waals surface area contributed by atoms with E-state index in [1.54, 1.807) is 59.7 Å². The molecule has 1 aromatic rings. The number of anilines is 1. The molecule has 11 heteroatoms. The molecule has 1 heterocycles. The first-order chi connectivity index (χ1) is 18.1. The lowest BCUT2D eigenvalue weighted by atomic mass is 9.75. The molecule has 2 N–H and O–H groups in total. The van der Waals surface area contributed by atoms with E-state index < -0.39 is 52.5 Å². The van der Waals surface area contributed by atoms with Gasteiger partial charge in [0.1, 0.15) is 22.5 Å². The summed E-state index contributed by atoms with van der Waals surface area (Å²) < 4.78 is 22.1. The van der Waals surface area contributed by atoms with E-state index in [0.29, 0.717) is 5.69 Å². The number of benzene rings is 1. The maximum Gasteiger partial charge on any atom is 0.514 e. The molecule has 0 bridgehead atoms. The Kier molecular flexibility index (Phi) is 6.80. The maximum atomic E-state index is 13.6. The summed E-state index contributed by atoms with van der Waals surface area (Å²) in [5, 5.41) is 20.3. The zero-order valence-corrected chi connectivity index (χ0v) is 22.4. The molecular weight excluding hydrogens is 510 g/mol. The third-order valence-corrected chi connectivity index (χ3v) is 5.71. The minimum absolute atomic E-state index is 0.0241. The highest BCUT2D eigenvalue weighted by molar-refractivity contribution is 6.08. The highest BCUT2D eigenvalue weighted by Crippen LogP contribution is 2.51. The summed E-state index contributed by atoms with van der Waals surface area (Å²) in [7, 11) is 0. The van der Waals surface area contributed by atoms with Gasteiger partial charge in [0, 0.05) is 5.92 Å². The first-order valence-electron chi connectivity index (χ1n) is 12.2. The Morgan fingerprint density at radius 3 is 2.13 bits per heavy atom. The van der Waals surface area contributed by atoms with Crippen LogP contribution in [0.1, 0.15) is 48.0 Å². The Hall–Kier alpha value is -4.54. The molecule has 206 valence electrons. The van der Waals surface area contributed by atoms with Crippen LogP contribution in [0.5, 0.6) is 5.75 Å². The SMILES string of the molecule is CC(C)(C)OC(=O)OC1=CCC2C(=C1)C(C(=O)O)=C(C(=O)O)C1=C2N(C(=O)OC(C)(C)C)c2ccccc2O1. The van der Waals surface area contributed by atoms with Crippen molar-refractivity contribution in [1.82, 2.24) is 0 Å². The number of amides is 1. The number of carbonyl (C=O) groups is 4. The van der Waals surface area contributed by atoms with Crippen molar-refractivity contribution in [1.29, 1.82) is 0 Å². The van der Waals surface area contributed by atoms with Crippen LogP contribution in [0.15, 0.2) is 70.4 Å². The summed E-state index contributed by atoms with van der Waals surface area (Å²) in [6.45, 7) is 10.0. The number of carboxylic acids is 2. The van der Waals surface area contributed by atoms with Crippen LogP contribution < -0.4 is 9.64 Å². The van der Waals surface area contributed by atoms with Crippen molar-refractivity contribution in [3.8, 4) is 5.75 Å². The standard InChI is InChI=1S/C28H29NO10/c1-27(2,3)38-25(34)29-17-9-7-8-10-18(17)37-22-20(24(32)33)19(23(30)31)16-13-14(11-12-15(16)21(22)29)36-26(35)39-28(4,5)6/h7-11,13,15H,12H2,1-6H3,(H,30,31)(H,32,33). The largest absolute Gasteiger partial charge is 0.514 e. The molecule has 1 atom stereocenters. The van der Waals surface area contributed by atoms with Gasteiger partial charge < -0.3 is 29.2 Å². The van der Waals surface area contributed by atoms with Gasteiger partial charge in [-0.05, 0) is 77.8 Å². The number of rotatable bonds is 3. The van der Waals surface area contributed by atoms with Gasteiger partial charge in [0.25, 0.3) is 0 Å². The van der Waals surface area contributed by atoms with Crippen molar-refractivity contribution in [2.75, 3.05) is 4.90 Å². The fourth-order valence-electron chi connectivity index (χ4n) is 4.43. The van der Waals surface area contributed by atoms with E-state index in [1.807, 2.05) is 0 Å². The maximum absolute atomic E-state index is 13.6. The number of ether oxygens (including phenoxy) is 4. The highest BCUT2D eigenvalue weighted by Gasteiger charge is 2.48. The fraction of sp³-hybridized carbons (Fsp3) is 0.357. The molecule has 1 amide bonds. The van der Waals surface area contributed by atoms with E-state index in [9.17, 15) is 29.4 Å². The van der Waals surface area contributed by atoms with Crippen molar-refractivity contribution in [2.24, 2.45) is 5.92 Å². The molecule has 11 nitrogen and oxygen atoms in total. The lowest BCUT2D eigenvalue weighted by Crippen LogP contribution is -2.44. The molecule has 1 aromatic carbocycles. The van der Waals surface area contributed by atoms with E-state index in [2.05, 4.69) is 0 Å². The van der Waals surface area contributed by atoms with Crippen LogP contribution in [-0.2, 0) is 23.8 Å². The molecule has 0 spiro atoms. The summed E-state index contributed by atoms with van der Waals surface area (Å²) in [5.74, 6) is -4.10. The van der Waals surface area contributed by atoms with Crippen molar-refractivity contribution in [3.63, 3.8) is 0 Å². The summed E-state index contributed by atoms with van der Waals surface area (Å²) in [6, 6.07) is 6.46. The summed E-state index contributed by atoms with van der Waals surface area (Å²) in [4.78, 5) is 52.0. The number of aliphatic carboxylic acids is 2. The molecule has 0 saturated carbocycles. The van der Waals surface area contributed by atoms with Crippen molar-refractivity contribution in [2.45, 2.75) is 59.2 Å². The second-order valence-corrected chi connectivity index (χ2v) is 11.0. The van der Waals surface area contributed by atoms with Gasteiger partial charge in [0.2, 0.25) is 0 Å². The third kappa shape index (κ3) is 5.52. The van der Waals surface area contributed by atoms with Gasteiger partial charge in [-0.2, -0.15) is 0 Å². The van der Waals surface area contributed by atoms with Crippen LogP contribution in [-0.4, -0.2) is 45.6 Å². The first-order valence-corrected chi connectivity index (χ1v) is 12.2. The number of hydrogen-bond donors (Lipinski definition) is 2. The normalized spacial score (nSPS) is 18.5. The van der Waals surface area contributed by atoms with E-state index in [-0.39, 0.29) is 35.0 Å². The molecule has 1 unspecified atom stereocenters. The Morgan fingerprint density at radius 2 is 1.54 bits per heavy atom. The monoisotopic (exact) mass is 539 g/mol. The van der Waals surface area contributed by atoms with Crippen LogP contribution in [0, 0.1) is 5.92 Å². The number of fused-ring (bicyclic) bond motifs is 3. The number of carbonyl (C=O) groups excluding carboxylic acids is 2. The summed E-state index contributed by atoms with van der Waals surface area (Å²) in [5.41, 5.74) is -2.50. The average molecular weight is 540 g/mol. The fourth-order valence-corrected chi connectivity index (χ4v) is 4.43. The van der Waals surface area contributed by atoms with Gasteiger partial charge in [0.15, 0.2) is 11.5 Å². The topological polar surface area (TPSA) is 149 Å². The zero-order valence-electron chi connectivity index (χ0n) is 22.4. The quantitative estimate of drug-likeness (QED) is 0.485. The molecule has 0 radical (unpaired) electrons. The molecule has 1 aliphatic heterocycles. The van der Waals surface area contributed by atoms with E-state index >= 15 is 0 Å². The number of carboxylic acid groups (broad SMARTS) is 2. The minimum atomic E-state index is -1.58. The van der Waals surface area contributed by atoms with Crippen molar-refractivity contribution >= 4 is 29.9 Å². The zero-order chi connectivity index (χ0) is 28.9. The van der Waals surface area contributed by atoms with Gasteiger partial charge in [-0.25, -0.2) is 24.1 Å². The molecule has 39 heavy (non-hydrogen) atoms. The van der Waals surface area contributed by atoms with Crippen LogP contribution in [0.25, 0.3) is 0 Å². The predicted octanol–water partition coefficient (Wildman–Crippen LogP) is 5.29. The van der Waals surface area contributed by atoms with E-state index in [4.69, 9.17) is 18.9 Å². The number of allylic oxidation sites excluding steroid dienone is 3. The van der Waals surface area contributed by atoms with Crippen molar-refractivity contribution < 1.29 is 48.3 Å². The lowest BCUT2D eigenvalue weighted by molar-refractivity contribution is -0.135. The number of para-hydroxylation sites is 2. The summed E-state index contributed by atoms with van der Waals surface area (Å²) >= 11 is 0.